The van der Waals surface area contributed by atoms with Gasteiger partial charge in [-0.25, -0.2) is 4.98 Å². The predicted molar refractivity (Wildman–Crippen MR) is 138 cm³/mol. The summed E-state index contributed by atoms with van der Waals surface area (Å²) in [6.07, 6.45) is 4.60. The molecule has 0 spiro atoms. The van der Waals surface area contributed by atoms with Crippen LogP contribution in [0.5, 0.6) is 0 Å². The van der Waals surface area contributed by atoms with Crippen molar-refractivity contribution >= 4 is 47.4 Å². The average Bonchev–Trinajstić information content (AvgIpc) is 3.26. The van der Waals surface area contributed by atoms with Gasteiger partial charge in [0, 0.05) is 50.7 Å². The number of aliphatic imine (C=N–C) groups is 1. The summed E-state index contributed by atoms with van der Waals surface area (Å²) in [5.41, 5.74) is 3.26. The van der Waals surface area contributed by atoms with Crippen molar-refractivity contribution in [2.45, 2.75) is 19.0 Å². The zero-order valence-electron chi connectivity index (χ0n) is 17.3. The largest absolute Gasteiger partial charge is 0.353 e. The highest BCUT2D eigenvalue weighted by Gasteiger charge is 2.25. The second-order valence-corrected chi connectivity index (χ2v) is 7.63. The maximum Gasteiger partial charge on any atom is 0.191 e. The van der Waals surface area contributed by atoms with Crippen LogP contribution < -0.4 is 15.5 Å². The SMILES string of the molecule is CN=C(NCc1cccc(-c2ccccn2)c1)NC1CCN(c2ncccc2Cl)C1.I. The van der Waals surface area contributed by atoms with Gasteiger partial charge in [-0.05, 0) is 42.3 Å². The Balaban J connectivity index is 0.00000272. The second-order valence-electron chi connectivity index (χ2n) is 7.23. The number of hydrogen-bond acceptors (Lipinski definition) is 4. The molecule has 2 N–H and O–H groups in total. The van der Waals surface area contributed by atoms with Gasteiger partial charge in [0.1, 0.15) is 5.82 Å². The quantitative estimate of drug-likeness (QED) is 0.282. The van der Waals surface area contributed by atoms with E-state index in [0.29, 0.717) is 11.6 Å². The van der Waals surface area contributed by atoms with Crippen LogP contribution in [0.2, 0.25) is 5.02 Å². The Hall–Kier alpha value is -2.39. The van der Waals surface area contributed by atoms with Crippen molar-refractivity contribution < 1.29 is 0 Å². The van der Waals surface area contributed by atoms with E-state index in [9.17, 15) is 0 Å². The molecule has 8 heteroatoms. The lowest BCUT2D eigenvalue weighted by atomic mass is 10.1. The van der Waals surface area contributed by atoms with Crippen LogP contribution in [-0.4, -0.2) is 42.1 Å². The zero-order valence-corrected chi connectivity index (χ0v) is 20.4. The third-order valence-electron chi connectivity index (χ3n) is 5.14. The van der Waals surface area contributed by atoms with Crippen LogP contribution in [0.25, 0.3) is 11.3 Å². The molecule has 0 amide bonds. The first kappa shape index (κ1) is 23.3. The Labute approximate surface area is 205 Å². The molecule has 31 heavy (non-hydrogen) atoms. The molecule has 4 rings (SSSR count). The van der Waals surface area contributed by atoms with Crippen molar-refractivity contribution in [2.24, 2.45) is 4.99 Å². The van der Waals surface area contributed by atoms with E-state index in [1.807, 2.05) is 36.5 Å². The fourth-order valence-electron chi connectivity index (χ4n) is 3.63. The number of nitrogens with one attached hydrogen (secondary N) is 2. The number of pyridine rings is 2. The summed E-state index contributed by atoms with van der Waals surface area (Å²) >= 11 is 6.29. The van der Waals surface area contributed by atoms with Gasteiger partial charge in [-0.2, -0.15) is 0 Å². The van der Waals surface area contributed by atoms with Crippen molar-refractivity contribution in [1.29, 1.82) is 0 Å². The molecular weight excluding hydrogens is 523 g/mol. The first-order valence-electron chi connectivity index (χ1n) is 10.1. The summed E-state index contributed by atoms with van der Waals surface area (Å²) in [6, 6.07) is 18.4. The molecule has 1 atom stereocenters. The Kier molecular flexibility index (Phi) is 8.48. The van der Waals surface area contributed by atoms with E-state index >= 15 is 0 Å². The number of nitrogens with zero attached hydrogens (tertiary/aromatic N) is 4. The summed E-state index contributed by atoms with van der Waals surface area (Å²) in [4.78, 5) is 15.4. The molecule has 1 saturated heterocycles. The Bertz CT molecular complexity index is 1010. The molecule has 3 aromatic rings. The first-order valence-corrected chi connectivity index (χ1v) is 10.4. The normalized spacial score (nSPS) is 16.0. The lowest BCUT2D eigenvalue weighted by Gasteiger charge is -2.20. The van der Waals surface area contributed by atoms with Crippen molar-refractivity contribution in [1.82, 2.24) is 20.6 Å². The fraction of sp³-hybridized carbons (Fsp3) is 0.261. The van der Waals surface area contributed by atoms with Crippen LogP contribution in [0.1, 0.15) is 12.0 Å². The lowest BCUT2D eigenvalue weighted by molar-refractivity contribution is 0.648. The van der Waals surface area contributed by atoms with Gasteiger partial charge in [0.25, 0.3) is 0 Å². The Morgan fingerprint density at radius 3 is 2.77 bits per heavy atom. The summed E-state index contributed by atoms with van der Waals surface area (Å²) in [7, 11) is 1.79. The van der Waals surface area contributed by atoms with E-state index in [4.69, 9.17) is 11.6 Å². The van der Waals surface area contributed by atoms with Gasteiger partial charge in [-0.15, -0.1) is 24.0 Å². The van der Waals surface area contributed by atoms with Gasteiger partial charge in [0.05, 0.1) is 10.7 Å². The van der Waals surface area contributed by atoms with Gasteiger partial charge < -0.3 is 15.5 Å². The minimum atomic E-state index is 0. The van der Waals surface area contributed by atoms with Crippen molar-refractivity contribution in [3.8, 4) is 11.3 Å². The molecule has 1 aliphatic rings. The highest BCUT2D eigenvalue weighted by atomic mass is 127. The van der Waals surface area contributed by atoms with Gasteiger partial charge in [-0.1, -0.05) is 35.9 Å². The number of anilines is 1. The summed E-state index contributed by atoms with van der Waals surface area (Å²) in [5.74, 6) is 1.63. The van der Waals surface area contributed by atoms with E-state index in [2.05, 4.69) is 54.8 Å². The average molecular weight is 549 g/mol. The molecule has 1 unspecified atom stereocenters. The molecule has 1 aliphatic heterocycles. The van der Waals surface area contributed by atoms with E-state index in [-0.39, 0.29) is 30.0 Å². The first-order chi connectivity index (χ1) is 14.7. The molecule has 0 bridgehead atoms. The molecule has 6 nitrogen and oxygen atoms in total. The standard InChI is InChI=1S/C23H25ClN6.HI/c1-25-23(29-19-10-13-30(16-19)22-20(24)8-5-12-27-22)28-15-17-6-4-7-18(14-17)21-9-2-3-11-26-21;/h2-9,11-12,14,19H,10,13,15-16H2,1H3,(H2,25,28,29);1H. The van der Waals surface area contributed by atoms with Crippen LogP contribution in [0.4, 0.5) is 5.82 Å². The molecule has 0 saturated carbocycles. The van der Waals surface area contributed by atoms with Crippen molar-refractivity contribution in [2.75, 3.05) is 25.0 Å². The van der Waals surface area contributed by atoms with Crippen LogP contribution in [0.15, 0.2) is 72.0 Å². The maximum atomic E-state index is 6.29. The van der Waals surface area contributed by atoms with Crippen LogP contribution in [0, 0.1) is 0 Å². The Morgan fingerprint density at radius 1 is 1.13 bits per heavy atom. The molecule has 0 radical (unpaired) electrons. The van der Waals surface area contributed by atoms with Gasteiger partial charge >= 0.3 is 0 Å². The van der Waals surface area contributed by atoms with E-state index in [1.54, 1.807) is 13.2 Å². The minimum absolute atomic E-state index is 0. The number of hydrogen-bond donors (Lipinski definition) is 2. The third-order valence-corrected chi connectivity index (χ3v) is 5.43. The van der Waals surface area contributed by atoms with E-state index in [1.165, 1.54) is 5.56 Å². The van der Waals surface area contributed by atoms with Crippen LogP contribution >= 0.6 is 35.6 Å². The molecule has 162 valence electrons. The molecule has 1 fully saturated rings. The van der Waals surface area contributed by atoms with Gasteiger partial charge in [0.15, 0.2) is 5.96 Å². The number of halogens is 2. The summed E-state index contributed by atoms with van der Waals surface area (Å²) in [5, 5.41) is 7.62. The topological polar surface area (TPSA) is 65.4 Å². The van der Waals surface area contributed by atoms with Crippen LogP contribution in [-0.2, 0) is 6.54 Å². The monoisotopic (exact) mass is 548 g/mol. The van der Waals surface area contributed by atoms with Gasteiger partial charge in [-0.3, -0.25) is 9.98 Å². The molecular formula is C23H26ClIN6. The summed E-state index contributed by atoms with van der Waals surface area (Å²) < 4.78 is 0. The van der Waals surface area contributed by atoms with E-state index < -0.39 is 0 Å². The zero-order chi connectivity index (χ0) is 20.8. The minimum Gasteiger partial charge on any atom is -0.353 e. The molecule has 0 aliphatic carbocycles. The Morgan fingerprint density at radius 2 is 2.00 bits per heavy atom. The van der Waals surface area contributed by atoms with Crippen LogP contribution in [0.3, 0.4) is 0 Å². The second kappa shape index (κ2) is 11.3. The summed E-state index contributed by atoms with van der Waals surface area (Å²) in [6.45, 7) is 2.44. The number of benzene rings is 1. The third kappa shape index (κ3) is 6.07. The number of aromatic nitrogens is 2. The van der Waals surface area contributed by atoms with Crippen molar-refractivity contribution in [3.63, 3.8) is 0 Å². The van der Waals surface area contributed by atoms with Gasteiger partial charge in [0.2, 0.25) is 0 Å². The molecule has 1 aromatic carbocycles. The maximum absolute atomic E-state index is 6.29. The number of guanidine groups is 1. The lowest BCUT2D eigenvalue weighted by Crippen LogP contribution is -2.44. The predicted octanol–water partition coefficient (Wildman–Crippen LogP) is 4.36. The molecule has 3 heterocycles. The number of rotatable bonds is 5. The highest BCUT2D eigenvalue weighted by molar-refractivity contribution is 14.0. The molecule has 2 aromatic heterocycles. The fourth-order valence-corrected chi connectivity index (χ4v) is 3.87. The smallest absolute Gasteiger partial charge is 0.191 e. The highest BCUT2D eigenvalue weighted by Crippen LogP contribution is 2.25. The van der Waals surface area contributed by atoms with E-state index in [0.717, 1.165) is 42.5 Å². The van der Waals surface area contributed by atoms with Crippen molar-refractivity contribution in [3.05, 3.63) is 77.6 Å².